The Labute approximate surface area is 219 Å². The van der Waals surface area contributed by atoms with Gasteiger partial charge in [-0.25, -0.2) is 18.4 Å². The van der Waals surface area contributed by atoms with Gasteiger partial charge in [0, 0.05) is 11.6 Å². The molecule has 1 radical (unpaired) electrons. The summed E-state index contributed by atoms with van der Waals surface area (Å²) < 4.78 is 43.0. The molecule has 19 nitrogen and oxygen atoms in total. The molecule has 2 aromatic rings. The van der Waals surface area contributed by atoms with Crippen molar-refractivity contribution >= 4 is 32.4 Å². The number of fused-ring (bicyclic) bond motifs is 6. The predicted octanol–water partition coefficient (Wildman–Crippen LogP) is -2.80. The van der Waals surface area contributed by atoms with E-state index in [0.717, 1.165) is 0 Å². The third-order valence-electron chi connectivity index (χ3n) is 7.43. The summed E-state index contributed by atoms with van der Waals surface area (Å²) in [5, 5.41) is 45.7. The van der Waals surface area contributed by atoms with Crippen LogP contribution in [0.2, 0.25) is 0 Å². The Kier molecular flexibility index (Phi) is 7.31. The summed E-state index contributed by atoms with van der Waals surface area (Å²) in [5.74, 6) is -0.0282. The van der Waals surface area contributed by atoms with Gasteiger partial charge in [0.2, 0.25) is 12.0 Å². The van der Waals surface area contributed by atoms with Crippen molar-refractivity contribution in [3.05, 3.63) is 18.2 Å². The van der Waals surface area contributed by atoms with Crippen LogP contribution in [-0.4, -0.2) is 89.7 Å². The average Bonchev–Trinajstić information content (AvgIpc) is 3.47. The van der Waals surface area contributed by atoms with Gasteiger partial charge in [-0.05, 0) is 19.4 Å². The highest BCUT2D eigenvalue weighted by molar-refractivity contribution is 7.63. The van der Waals surface area contributed by atoms with Crippen LogP contribution >= 0.6 is 15.4 Å². The largest absolute Gasteiger partial charge is 0.778 e. The van der Waals surface area contributed by atoms with Crippen LogP contribution in [0.15, 0.2) is 17.9 Å². The number of anilines is 1. The van der Waals surface area contributed by atoms with Crippen LogP contribution in [0.4, 0.5) is 5.82 Å². The summed E-state index contributed by atoms with van der Waals surface area (Å²) in [4.78, 5) is 31.6. The zero-order valence-corrected chi connectivity index (χ0v) is 21.8. The van der Waals surface area contributed by atoms with E-state index < -0.39 is 76.4 Å². The quantitative estimate of drug-likeness (QED) is 0.0687. The average molecular weight is 592 g/mol. The number of aliphatic hydroxyl groups excluding tert-OH is 4. The van der Waals surface area contributed by atoms with Gasteiger partial charge in [0.1, 0.15) is 44.4 Å². The van der Waals surface area contributed by atoms with Crippen LogP contribution in [0.3, 0.4) is 0 Å². The molecule has 1 saturated heterocycles. The van der Waals surface area contributed by atoms with E-state index in [-0.39, 0.29) is 36.4 Å². The lowest BCUT2D eigenvalue weighted by Crippen LogP contribution is -2.48. The van der Waals surface area contributed by atoms with Crippen molar-refractivity contribution in [2.45, 2.75) is 55.6 Å². The molecule has 0 amide bonds. The van der Waals surface area contributed by atoms with E-state index in [1.807, 2.05) is 0 Å². The second-order valence-corrected chi connectivity index (χ2v) is 13.2. The Hall–Kier alpha value is -2.15. The fraction of sp³-hybridized carbons (Fsp3) is 0.722. The molecular formula is C18H26N8O11P2-. The van der Waals surface area contributed by atoms with Gasteiger partial charge in [-0.2, -0.15) is 0 Å². The number of nitrogens with zero attached hydrogens (tertiary/aromatic N) is 7. The Balaban J connectivity index is 1.63. The standard InChI is InChI=1S/C18H26N8O11P2/c19-15-10-16-22-7-25(15)8-3-18(1-2-23-24-20,14(30)11(8)27)5-38(31,32)37-39(33,34)35-4-9-12(28)13(29)17(36-9)26(16)6-21-10/h6-9,11-14,17,19,27-30H,1-5H2,(H2,31,32,33,34)/q-1/t8-,9-,11+,12-,13-,14+,17-,18-/m1/s1. The van der Waals surface area contributed by atoms with Gasteiger partial charge in [-0.15, -0.1) is 0 Å². The molecule has 0 aromatic carbocycles. The molecular weight excluding hydrogens is 566 g/mol. The van der Waals surface area contributed by atoms with Crippen LogP contribution in [0.25, 0.3) is 16.7 Å². The van der Waals surface area contributed by atoms with Gasteiger partial charge < -0.3 is 56.2 Å². The Morgan fingerprint density at radius 2 is 2.00 bits per heavy atom. The van der Waals surface area contributed by atoms with E-state index in [0.29, 0.717) is 0 Å². The number of rotatable bonds is 4. The molecule has 6 rings (SSSR count). The van der Waals surface area contributed by atoms with Gasteiger partial charge in [0.15, 0.2) is 11.7 Å². The molecule has 3 aliphatic heterocycles. The maximum atomic E-state index is 13.0. The summed E-state index contributed by atoms with van der Waals surface area (Å²) >= 11 is 0. The van der Waals surface area contributed by atoms with Crippen LogP contribution in [0.1, 0.15) is 25.1 Å². The predicted molar refractivity (Wildman–Crippen MR) is 123 cm³/mol. The van der Waals surface area contributed by atoms with Crippen molar-refractivity contribution in [2.24, 2.45) is 10.6 Å². The Morgan fingerprint density at radius 3 is 2.72 bits per heavy atom. The first kappa shape index (κ1) is 28.4. The van der Waals surface area contributed by atoms with Crippen molar-refractivity contribution in [3.8, 4) is 0 Å². The fourth-order valence-electron chi connectivity index (χ4n) is 5.57. The molecule has 1 aliphatic carbocycles. The van der Waals surface area contributed by atoms with Crippen molar-refractivity contribution < 1.29 is 57.5 Å². The SMILES string of the molecule is [N-]=N[N]CC[C@]12C[C@H]([C@H](O)[C@@H]1O)[n+]1cnc3c(ncn3[C@@H]3O[C@H](COP(=O)(O)OP(=O)([O-])C2)[C@@H](O)[C@H]3O)c1N. The second-order valence-electron chi connectivity index (χ2n) is 9.80. The van der Waals surface area contributed by atoms with Crippen molar-refractivity contribution in [1.82, 2.24) is 20.0 Å². The van der Waals surface area contributed by atoms with Crippen LogP contribution in [0, 0.1) is 5.41 Å². The van der Waals surface area contributed by atoms with Gasteiger partial charge >= 0.3 is 7.82 Å². The normalized spacial score (nSPS) is 42.7. The molecule has 4 aliphatic rings. The summed E-state index contributed by atoms with van der Waals surface area (Å²) in [6.45, 7) is -1.13. The van der Waals surface area contributed by atoms with Gasteiger partial charge in [0.05, 0.1) is 12.7 Å². The molecule has 215 valence electrons. The van der Waals surface area contributed by atoms with E-state index in [4.69, 9.17) is 20.5 Å². The molecule has 2 unspecified atom stereocenters. The minimum atomic E-state index is -5.33. The molecule has 2 aromatic heterocycles. The van der Waals surface area contributed by atoms with Crippen molar-refractivity contribution in [3.63, 3.8) is 0 Å². The molecule has 0 spiro atoms. The first-order valence-corrected chi connectivity index (χ1v) is 14.9. The number of phosphoric ester groups is 1. The number of imidazole rings is 1. The molecule has 21 heteroatoms. The van der Waals surface area contributed by atoms with E-state index >= 15 is 0 Å². The smallest absolute Gasteiger partial charge is 0.477 e. The molecule has 2 fully saturated rings. The minimum absolute atomic E-state index is 0.0282. The fourth-order valence-corrected chi connectivity index (χ4v) is 8.83. The number of aliphatic hydroxyl groups is 4. The molecule has 5 heterocycles. The zero-order valence-electron chi connectivity index (χ0n) is 20.0. The zero-order chi connectivity index (χ0) is 28.3. The number of phosphoric acid groups is 1. The second kappa shape index (κ2) is 10.0. The van der Waals surface area contributed by atoms with E-state index in [1.165, 1.54) is 21.8 Å². The van der Waals surface area contributed by atoms with Gasteiger partial charge in [-0.1, -0.05) is 4.98 Å². The molecule has 1 saturated carbocycles. The van der Waals surface area contributed by atoms with E-state index in [1.54, 1.807) is 0 Å². The van der Waals surface area contributed by atoms with Gasteiger partial charge in [0.25, 0.3) is 5.82 Å². The summed E-state index contributed by atoms with van der Waals surface area (Å²) in [6, 6.07) is -1.06. The van der Waals surface area contributed by atoms with Crippen molar-refractivity contribution in [1.29, 1.82) is 0 Å². The lowest BCUT2D eigenvalue weighted by atomic mass is 9.82. The molecule has 7 N–H and O–H groups in total. The highest BCUT2D eigenvalue weighted by Crippen LogP contribution is 2.62. The highest BCUT2D eigenvalue weighted by Gasteiger charge is 2.56. The summed E-state index contributed by atoms with van der Waals surface area (Å²) in [6.07, 6.45) is -8.26. The number of hydrogen-bond acceptors (Lipinski definition) is 14. The highest BCUT2D eigenvalue weighted by atomic mass is 31.3. The third kappa shape index (κ3) is 4.98. The first-order chi connectivity index (χ1) is 18.3. The summed E-state index contributed by atoms with van der Waals surface area (Å²) in [7, 11) is -10.6. The summed E-state index contributed by atoms with van der Waals surface area (Å²) in [5.41, 5.74) is 17.0. The van der Waals surface area contributed by atoms with E-state index in [2.05, 4.69) is 24.9 Å². The van der Waals surface area contributed by atoms with Crippen LogP contribution in [-0.2, 0) is 22.7 Å². The maximum Gasteiger partial charge on any atom is 0.477 e. The minimum Gasteiger partial charge on any atom is -0.778 e. The van der Waals surface area contributed by atoms with Crippen molar-refractivity contribution in [2.75, 3.05) is 25.0 Å². The maximum absolute atomic E-state index is 13.0. The number of nitrogen functional groups attached to an aromatic ring is 1. The molecule has 39 heavy (non-hydrogen) atoms. The number of ether oxygens (including phenoxy) is 1. The molecule has 8 bridgehead atoms. The number of aromatic nitrogens is 4. The number of hydrogen-bond donors (Lipinski definition) is 6. The third-order valence-corrected chi connectivity index (χ3v) is 10.7. The van der Waals surface area contributed by atoms with E-state index in [9.17, 15) is 39.3 Å². The monoisotopic (exact) mass is 592 g/mol. The Morgan fingerprint density at radius 1 is 1.26 bits per heavy atom. The first-order valence-electron chi connectivity index (χ1n) is 11.7. The number of nitrogens with two attached hydrogens (primary N) is 1. The lowest BCUT2D eigenvalue weighted by molar-refractivity contribution is -0.717. The molecule has 10 atom stereocenters. The topological polar surface area (TPSA) is 295 Å². The lowest BCUT2D eigenvalue weighted by Gasteiger charge is -2.38. The van der Waals surface area contributed by atoms with Gasteiger partial charge in [-0.3, -0.25) is 14.3 Å². The van der Waals surface area contributed by atoms with Crippen LogP contribution < -0.4 is 20.6 Å². The Bertz CT molecular complexity index is 1360. The van der Waals surface area contributed by atoms with Crippen LogP contribution in [0.5, 0.6) is 0 Å².